The molecule has 1 heterocycles. The molecule has 13 N–H and O–H groups in total. The molecule has 3 amide bonds. The van der Waals surface area contributed by atoms with Crippen LogP contribution in [0.3, 0.4) is 0 Å². The number of aromatic amines is 1. The lowest BCUT2D eigenvalue weighted by atomic mass is 10.1. The number of guanidine groups is 1. The van der Waals surface area contributed by atoms with Gasteiger partial charge in [0.2, 0.25) is 17.7 Å². The summed E-state index contributed by atoms with van der Waals surface area (Å²) in [6.07, 6.45) is 2.20. The number of hydrogen-bond donors (Lipinski definition) is 10. The van der Waals surface area contributed by atoms with E-state index in [2.05, 4.69) is 30.9 Å². The lowest BCUT2D eigenvalue weighted by molar-refractivity contribution is -0.143. The van der Waals surface area contributed by atoms with Gasteiger partial charge in [0.15, 0.2) is 5.96 Å². The Morgan fingerprint density at radius 2 is 1.59 bits per heavy atom. The van der Waals surface area contributed by atoms with Crippen LogP contribution in [0.5, 0.6) is 0 Å². The van der Waals surface area contributed by atoms with E-state index in [1.807, 2.05) is 0 Å². The first-order chi connectivity index (χ1) is 17.4. The van der Waals surface area contributed by atoms with Gasteiger partial charge in [-0.05, 0) is 19.3 Å². The van der Waals surface area contributed by atoms with Crippen LogP contribution in [-0.2, 0) is 30.4 Å². The van der Waals surface area contributed by atoms with Crippen LogP contribution in [0.25, 0.3) is 0 Å². The second-order valence-corrected chi connectivity index (χ2v) is 7.97. The lowest BCUT2D eigenvalue weighted by Crippen LogP contribution is -2.58. The molecule has 0 aliphatic carbocycles. The van der Waals surface area contributed by atoms with Gasteiger partial charge in [0.25, 0.3) is 0 Å². The number of aliphatic imine (C=N–C) groups is 1. The van der Waals surface area contributed by atoms with Crippen LogP contribution in [0.1, 0.15) is 31.4 Å². The molecule has 0 aliphatic rings. The molecule has 1 rings (SSSR count). The number of carbonyl (C=O) groups excluding carboxylic acids is 3. The fourth-order valence-corrected chi connectivity index (χ4v) is 3.02. The first kappa shape index (κ1) is 30.8. The molecule has 0 spiro atoms. The molecular formula is C20H33N9O8. The van der Waals surface area contributed by atoms with Gasteiger partial charge in [0.05, 0.1) is 19.0 Å². The van der Waals surface area contributed by atoms with Gasteiger partial charge in [0, 0.05) is 31.3 Å². The summed E-state index contributed by atoms with van der Waals surface area (Å²) >= 11 is 0. The van der Waals surface area contributed by atoms with E-state index in [1.54, 1.807) is 0 Å². The Balaban J connectivity index is 2.87. The minimum absolute atomic E-state index is 0.111. The number of aliphatic hydroxyl groups is 1. The zero-order chi connectivity index (χ0) is 28.0. The van der Waals surface area contributed by atoms with E-state index in [4.69, 9.17) is 22.3 Å². The molecule has 0 radical (unpaired) electrons. The van der Waals surface area contributed by atoms with Crippen molar-refractivity contribution >= 4 is 35.6 Å². The Labute approximate surface area is 211 Å². The first-order valence-corrected chi connectivity index (χ1v) is 11.2. The number of aromatic nitrogens is 2. The summed E-state index contributed by atoms with van der Waals surface area (Å²) in [6.45, 7) is -0.589. The monoisotopic (exact) mass is 527 g/mol. The summed E-state index contributed by atoms with van der Waals surface area (Å²) in [6, 6.07) is -5.41. The molecule has 1 aromatic heterocycles. The lowest BCUT2D eigenvalue weighted by Gasteiger charge is -2.24. The van der Waals surface area contributed by atoms with Crippen LogP contribution in [0, 0.1) is 0 Å². The minimum atomic E-state index is -1.53. The number of aliphatic carboxylic acids is 2. The topological polar surface area (TPSA) is 301 Å². The highest BCUT2D eigenvalue weighted by molar-refractivity contribution is 5.94. The quantitative estimate of drug-likeness (QED) is 0.0523. The highest BCUT2D eigenvalue weighted by Crippen LogP contribution is 2.04. The fourth-order valence-electron chi connectivity index (χ4n) is 3.02. The van der Waals surface area contributed by atoms with Crippen LogP contribution < -0.4 is 33.2 Å². The maximum atomic E-state index is 12.8. The summed E-state index contributed by atoms with van der Waals surface area (Å²) in [5.41, 5.74) is 16.6. The van der Waals surface area contributed by atoms with Crippen LogP contribution >= 0.6 is 0 Å². The third-order valence-corrected chi connectivity index (χ3v) is 4.99. The maximum absolute atomic E-state index is 12.8. The number of nitrogens with two attached hydrogens (primary N) is 3. The molecule has 1 aromatic rings. The number of aliphatic hydroxyl groups excluding tert-OH is 1. The van der Waals surface area contributed by atoms with Gasteiger partial charge in [-0.2, -0.15) is 0 Å². The minimum Gasteiger partial charge on any atom is -0.481 e. The average molecular weight is 528 g/mol. The Morgan fingerprint density at radius 1 is 0.973 bits per heavy atom. The largest absolute Gasteiger partial charge is 0.481 e. The van der Waals surface area contributed by atoms with E-state index >= 15 is 0 Å². The highest BCUT2D eigenvalue weighted by atomic mass is 16.4. The van der Waals surface area contributed by atoms with Gasteiger partial charge in [-0.1, -0.05) is 0 Å². The number of hydrogen-bond acceptors (Lipinski definition) is 9. The van der Waals surface area contributed by atoms with Gasteiger partial charge in [-0.25, -0.2) is 9.78 Å². The summed E-state index contributed by atoms with van der Waals surface area (Å²) in [7, 11) is 0. The van der Waals surface area contributed by atoms with Crippen molar-refractivity contribution in [1.29, 1.82) is 0 Å². The van der Waals surface area contributed by atoms with Crippen LogP contribution in [0.2, 0.25) is 0 Å². The van der Waals surface area contributed by atoms with Gasteiger partial charge in [-0.3, -0.25) is 24.2 Å². The SMILES string of the molecule is NC(N)=NCCCC(N)C(=O)NC(CO)C(=O)NC(Cc1cnc[nH]1)C(=O)NC(CCC(=O)O)C(=O)O. The number of nitrogens with one attached hydrogen (secondary N) is 4. The van der Waals surface area contributed by atoms with Crippen molar-refractivity contribution < 1.29 is 39.3 Å². The van der Waals surface area contributed by atoms with E-state index in [-0.39, 0.29) is 25.3 Å². The number of rotatable bonds is 17. The predicted molar refractivity (Wildman–Crippen MR) is 128 cm³/mol. The maximum Gasteiger partial charge on any atom is 0.326 e. The number of imidazole rings is 1. The highest BCUT2D eigenvalue weighted by Gasteiger charge is 2.30. The zero-order valence-corrected chi connectivity index (χ0v) is 19.9. The summed E-state index contributed by atoms with van der Waals surface area (Å²) < 4.78 is 0. The Kier molecular flexibility index (Phi) is 13.0. The molecule has 0 aliphatic heterocycles. The van der Waals surface area contributed by atoms with Crippen molar-refractivity contribution in [2.45, 2.75) is 56.3 Å². The molecule has 17 heteroatoms. The molecule has 206 valence electrons. The summed E-state index contributed by atoms with van der Waals surface area (Å²) in [5.74, 6) is -5.44. The van der Waals surface area contributed by atoms with Gasteiger partial charge < -0.3 is 53.5 Å². The van der Waals surface area contributed by atoms with E-state index in [9.17, 15) is 34.2 Å². The van der Waals surface area contributed by atoms with Gasteiger partial charge in [0.1, 0.15) is 18.1 Å². The third-order valence-electron chi connectivity index (χ3n) is 4.99. The van der Waals surface area contributed by atoms with Crippen LogP contribution in [0.15, 0.2) is 17.5 Å². The first-order valence-electron chi connectivity index (χ1n) is 11.2. The van der Waals surface area contributed by atoms with Crippen molar-refractivity contribution in [2.24, 2.45) is 22.2 Å². The average Bonchev–Trinajstić information content (AvgIpc) is 3.34. The van der Waals surface area contributed by atoms with Crippen molar-refractivity contribution in [3.8, 4) is 0 Å². The molecule has 0 saturated carbocycles. The molecule has 37 heavy (non-hydrogen) atoms. The third kappa shape index (κ3) is 11.8. The molecule has 0 saturated heterocycles. The van der Waals surface area contributed by atoms with Crippen molar-refractivity contribution in [1.82, 2.24) is 25.9 Å². The van der Waals surface area contributed by atoms with Crippen molar-refractivity contribution in [3.05, 3.63) is 18.2 Å². The van der Waals surface area contributed by atoms with Crippen molar-refractivity contribution in [2.75, 3.05) is 13.2 Å². The van der Waals surface area contributed by atoms with E-state index in [1.165, 1.54) is 12.5 Å². The van der Waals surface area contributed by atoms with E-state index in [0.717, 1.165) is 0 Å². The Bertz CT molecular complexity index is 950. The Hall–Kier alpha value is -4.25. The van der Waals surface area contributed by atoms with E-state index in [0.29, 0.717) is 12.1 Å². The molecule has 4 atom stereocenters. The predicted octanol–water partition coefficient (Wildman–Crippen LogP) is -4.27. The number of carboxylic acids is 2. The second-order valence-electron chi connectivity index (χ2n) is 7.97. The van der Waals surface area contributed by atoms with Crippen LogP contribution in [0.4, 0.5) is 0 Å². The van der Waals surface area contributed by atoms with Crippen molar-refractivity contribution in [3.63, 3.8) is 0 Å². The molecule has 0 aromatic carbocycles. The summed E-state index contributed by atoms with van der Waals surface area (Å²) in [5, 5.41) is 34.6. The number of amides is 3. The number of carboxylic acid groups (broad SMARTS) is 2. The molecular weight excluding hydrogens is 494 g/mol. The Morgan fingerprint density at radius 3 is 2.14 bits per heavy atom. The normalized spacial score (nSPS) is 13.9. The van der Waals surface area contributed by atoms with Gasteiger partial charge in [-0.15, -0.1) is 0 Å². The molecule has 0 bridgehead atoms. The zero-order valence-electron chi connectivity index (χ0n) is 19.9. The van der Waals surface area contributed by atoms with E-state index < -0.39 is 73.3 Å². The van der Waals surface area contributed by atoms with Crippen LogP contribution in [-0.4, -0.2) is 98.2 Å². The smallest absolute Gasteiger partial charge is 0.326 e. The standard InChI is InChI=1S/C20H33N9O8/c21-11(2-1-5-25-20(22)23)16(33)29-14(8-30)18(35)28-13(6-10-7-24-9-26-10)17(34)27-12(19(36)37)3-4-15(31)32/h7,9,11-14,30H,1-6,8,21H2,(H,24,26)(H,27,34)(H,28,35)(H,29,33)(H,31,32)(H,36,37)(H4,22,23,25). The number of nitrogens with zero attached hydrogens (tertiary/aromatic N) is 2. The molecule has 17 nitrogen and oxygen atoms in total. The fraction of sp³-hybridized carbons (Fsp3) is 0.550. The molecule has 0 fully saturated rings. The second kappa shape index (κ2) is 15.7. The number of H-pyrrole nitrogens is 1. The van der Waals surface area contributed by atoms with Gasteiger partial charge >= 0.3 is 11.9 Å². The number of carbonyl (C=O) groups is 5. The summed E-state index contributed by atoms with van der Waals surface area (Å²) in [4.78, 5) is 70.5. The molecule has 4 unspecified atom stereocenters.